The molecule has 0 bridgehead atoms. The Morgan fingerprint density at radius 1 is 1.14 bits per heavy atom. The molecule has 0 saturated carbocycles. The van der Waals surface area contributed by atoms with E-state index in [-0.39, 0.29) is 0 Å². The van der Waals surface area contributed by atoms with E-state index in [1.165, 1.54) is 49.7 Å². The van der Waals surface area contributed by atoms with E-state index in [1.54, 1.807) is 7.11 Å². The zero-order valence-corrected chi connectivity index (χ0v) is 14.0. The van der Waals surface area contributed by atoms with Gasteiger partial charge in [-0.2, -0.15) is 0 Å². The monoisotopic (exact) mass is 292 g/mol. The molecule has 0 fully saturated rings. The average molecular weight is 292 g/mol. The molecule has 120 valence electrons. The summed E-state index contributed by atoms with van der Waals surface area (Å²) in [4.78, 5) is 0. The number of hydrogen-bond acceptors (Lipinski definition) is 3. The average Bonchev–Trinajstić information content (AvgIpc) is 2.49. The van der Waals surface area contributed by atoms with Gasteiger partial charge in [0.15, 0.2) is 0 Å². The van der Waals surface area contributed by atoms with Crippen molar-refractivity contribution in [2.24, 2.45) is 5.84 Å². The Bertz CT molecular complexity index is 393. The van der Waals surface area contributed by atoms with Crippen LogP contribution in [0.4, 0.5) is 0 Å². The van der Waals surface area contributed by atoms with Crippen molar-refractivity contribution in [1.29, 1.82) is 0 Å². The van der Waals surface area contributed by atoms with E-state index in [0.29, 0.717) is 6.04 Å². The summed E-state index contributed by atoms with van der Waals surface area (Å²) in [6.45, 7) is 4.37. The normalized spacial score (nSPS) is 12.4. The second-order valence-electron chi connectivity index (χ2n) is 5.94. The maximum absolute atomic E-state index is 5.72. The lowest BCUT2D eigenvalue weighted by Crippen LogP contribution is -2.36. The van der Waals surface area contributed by atoms with Gasteiger partial charge in [0.2, 0.25) is 0 Å². The molecule has 0 spiro atoms. The highest BCUT2D eigenvalue weighted by molar-refractivity contribution is 5.37. The van der Waals surface area contributed by atoms with Crippen LogP contribution in [0.5, 0.6) is 5.75 Å². The predicted molar refractivity (Wildman–Crippen MR) is 90.5 cm³/mol. The summed E-state index contributed by atoms with van der Waals surface area (Å²) in [7, 11) is 1.73. The minimum absolute atomic E-state index is 0.326. The van der Waals surface area contributed by atoms with Gasteiger partial charge in [-0.1, -0.05) is 63.1 Å². The fourth-order valence-corrected chi connectivity index (χ4v) is 2.75. The van der Waals surface area contributed by atoms with Crippen molar-refractivity contribution in [2.75, 3.05) is 7.11 Å². The van der Waals surface area contributed by atoms with Crippen molar-refractivity contribution in [1.82, 2.24) is 5.43 Å². The Balaban J connectivity index is 2.41. The lowest BCUT2D eigenvalue weighted by atomic mass is 9.98. The number of nitrogens with one attached hydrogen (secondary N) is 1. The fraction of sp³-hybridized carbons (Fsp3) is 0.667. The first kappa shape index (κ1) is 18.0. The van der Waals surface area contributed by atoms with Crippen molar-refractivity contribution in [3.05, 3.63) is 29.3 Å². The summed E-state index contributed by atoms with van der Waals surface area (Å²) in [5.41, 5.74) is 5.47. The van der Waals surface area contributed by atoms with Crippen LogP contribution in [0.15, 0.2) is 18.2 Å². The van der Waals surface area contributed by atoms with Crippen LogP contribution < -0.4 is 16.0 Å². The summed E-state index contributed by atoms with van der Waals surface area (Å²) in [5.74, 6) is 6.68. The largest absolute Gasteiger partial charge is 0.496 e. The zero-order valence-electron chi connectivity index (χ0n) is 14.0. The van der Waals surface area contributed by atoms with Crippen LogP contribution in [0, 0.1) is 6.92 Å². The van der Waals surface area contributed by atoms with E-state index >= 15 is 0 Å². The van der Waals surface area contributed by atoms with Gasteiger partial charge in [0.25, 0.3) is 0 Å². The Morgan fingerprint density at radius 2 is 1.86 bits per heavy atom. The van der Waals surface area contributed by atoms with E-state index in [1.807, 2.05) is 6.07 Å². The molecule has 1 aromatic carbocycles. The number of benzene rings is 1. The van der Waals surface area contributed by atoms with Gasteiger partial charge in [-0.3, -0.25) is 11.3 Å². The lowest BCUT2D eigenvalue weighted by Gasteiger charge is -2.18. The van der Waals surface area contributed by atoms with E-state index in [9.17, 15) is 0 Å². The van der Waals surface area contributed by atoms with Crippen LogP contribution in [-0.2, 0) is 6.42 Å². The number of rotatable bonds is 11. The number of methoxy groups -OCH3 is 1. The Morgan fingerprint density at radius 3 is 2.52 bits per heavy atom. The van der Waals surface area contributed by atoms with Gasteiger partial charge in [-0.25, -0.2) is 0 Å². The summed E-state index contributed by atoms with van der Waals surface area (Å²) < 4.78 is 5.45. The van der Waals surface area contributed by atoms with Gasteiger partial charge in [-0.05, 0) is 31.4 Å². The Hall–Kier alpha value is -1.06. The Labute approximate surface area is 130 Å². The van der Waals surface area contributed by atoms with E-state index in [2.05, 4.69) is 31.4 Å². The number of aryl methyl sites for hydroxylation is 1. The minimum Gasteiger partial charge on any atom is -0.496 e. The smallest absolute Gasteiger partial charge is 0.122 e. The van der Waals surface area contributed by atoms with Crippen LogP contribution in [-0.4, -0.2) is 13.2 Å². The second-order valence-corrected chi connectivity index (χ2v) is 5.94. The highest BCUT2D eigenvalue weighted by atomic mass is 16.5. The van der Waals surface area contributed by atoms with Crippen LogP contribution in [0.25, 0.3) is 0 Å². The predicted octanol–water partition coefficient (Wildman–Crippen LogP) is 4.13. The third kappa shape index (κ3) is 6.96. The third-order valence-electron chi connectivity index (χ3n) is 4.04. The standard InChI is InChI=1S/C18H32N2O/c1-4-5-6-7-8-9-10-17(20-19)14-16-13-15(2)11-12-18(16)21-3/h11-13,17,20H,4-10,14,19H2,1-3H3. The lowest BCUT2D eigenvalue weighted by molar-refractivity contribution is 0.400. The van der Waals surface area contributed by atoms with Crippen LogP contribution in [0.1, 0.15) is 63.0 Å². The van der Waals surface area contributed by atoms with Gasteiger partial charge in [0.1, 0.15) is 5.75 Å². The molecule has 3 heteroatoms. The van der Waals surface area contributed by atoms with Crippen molar-refractivity contribution in [2.45, 2.75) is 71.3 Å². The van der Waals surface area contributed by atoms with Gasteiger partial charge < -0.3 is 4.74 Å². The molecule has 0 aliphatic carbocycles. The highest BCUT2D eigenvalue weighted by Gasteiger charge is 2.11. The number of ether oxygens (including phenoxy) is 1. The molecule has 3 N–H and O–H groups in total. The van der Waals surface area contributed by atoms with Gasteiger partial charge >= 0.3 is 0 Å². The maximum Gasteiger partial charge on any atom is 0.122 e. The summed E-state index contributed by atoms with van der Waals surface area (Å²) in [6, 6.07) is 6.65. The molecular weight excluding hydrogens is 260 g/mol. The van der Waals surface area contributed by atoms with Gasteiger partial charge in [-0.15, -0.1) is 0 Å². The summed E-state index contributed by atoms with van der Waals surface area (Å²) in [5, 5.41) is 0. The molecule has 0 aromatic heterocycles. The molecule has 1 atom stereocenters. The topological polar surface area (TPSA) is 47.3 Å². The van der Waals surface area contributed by atoms with Crippen molar-refractivity contribution < 1.29 is 4.74 Å². The van der Waals surface area contributed by atoms with E-state index < -0.39 is 0 Å². The first-order valence-corrected chi connectivity index (χ1v) is 8.30. The first-order valence-electron chi connectivity index (χ1n) is 8.30. The number of unbranched alkanes of at least 4 members (excludes halogenated alkanes) is 5. The first-order chi connectivity index (χ1) is 10.2. The SMILES string of the molecule is CCCCCCCCC(Cc1cc(C)ccc1OC)NN. The fourth-order valence-electron chi connectivity index (χ4n) is 2.75. The maximum atomic E-state index is 5.72. The molecule has 0 saturated heterocycles. The molecule has 1 unspecified atom stereocenters. The number of hydrogen-bond donors (Lipinski definition) is 2. The summed E-state index contributed by atoms with van der Waals surface area (Å²) >= 11 is 0. The van der Waals surface area contributed by atoms with Crippen molar-refractivity contribution >= 4 is 0 Å². The molecule has 3 nitrogen and oxygen atoms in total. The number of nitrogens with two attached hydrogens (primary N) is 1. The third-order valence-corrected chi connectivity index (χ3v) is 4.04. The molecule has 0 radical (unpaired) electrons. The molecule has 1 rings (SSSR count). The van der Waals surface area contributed by atoms with Crippen molar-refractivity contribution in [3.8, 4) is 5.75 Å². The van der Waals surface area contributed by atoms with Crippen LogP contribution in [0.2, 0.25) is 0 Å². The van der Waals surface area contributed by atoms with Crippen LogP contribution >= 0.6 is 0 Å². The zero-order chi connectivity index (χ0) is 15.5. The van der Waals surface area contributed by atoms with E-state index in [4.69, 9.17) is 10.6 Å². The molecule has 0 amide bonds. The summed E-state index contributed by atoms with van der Waals surface area (Å²) in [6.07, 6.45) is 9.98. The van der Waals surface area contributed by atoms with Gasteiger partial charge in [0, 0.05) is 6.04 Å². The Kier molecular flexibility index (Phi) is 9.11. The molecule has 21 heavy (non-hydrogen) atoms. The molecule has 0 aliphatic heterocycles. The molecule has 0 heterocycles. The van der Waals surface area contributed by atoms with Crippen LogP contribution in [0.3, 0.4) is 0 Å². The molecule has 0 aliphatic rings. The molecule has 1 aromatic rings. The second kappa shape index (κ2) is 10.6. The highest BCUT2D eigenvalue weighted by Crippen LogP contribution is 2.22. The minimum atomic E-state index is 0.326. The van der Waals surface area contributed by atoms with Crippen molar-refractivity contribution in [3.63, 3.8) is 0 Å². The van der Waals surface area contributed by atoms with Gasteiger partial charge in [0.05, 0.1) is 7.11 Å². The van der Waals surface area contributed by atoms with E-state index in [0.717, 1.165) is 18.6 Å². The number of hydrazine groups is 1. The molecular formula is C18H32N2O. The quantitative estimate of drug-likeness (QED) is 0.366.